The molecule has 0 fully saturated rings. The molecule has 1 aliphatic rings. The first-order valence-corrected chi connectivity index (χ1v) is 11.5. The van der Waals surface area contributed by atoms with Crippen molar-refractivity contribution in [1.29, 1.82) is 0 Å². The molecular formula is C23H18N4O5S. The van der Waals surface area contributed by atoms with Crippen molar-refractivity contribution in [2.24, 2.45) is 0 Å². The van der Waals surface area contributed by atoms with Gasteiger partial charge in [-0.15, -0.1) is 0 Å². The molecule has 0 atom stereocenters. The van der Waals surface area contributed by atoms with Crippen LogP contribution in [0.1, 0.15) is 5.56 Å². The quantitative estimate of drug-likeness (QED) is 0.471. The average Bonchev–Trinajstić information content (AvgIpc) is 2.81. The fraction of sp³-hybridized carbons (Fsp3) is 0.0870. The second-order valence-electron chi connectivity index (χ2n) is 7.50. The summed E-state index contributed by atoms with van der Waals surface area (Å²) >= 11 is 0. The minimum atomic E-state index is -3.99. The van der Waals surface area contributed by atoms with E-state index in [1.807, 2.05) is 30.3 Å². The first kappa shape index (κ1) is 20.7. The smallest absolute Gasteiger partial charge is 0.262 e. The molecule has 0 aliphatic carbocycles. The zero-order valence-corrected chi connectivity index (χ0v) is 18.0. The topological polar surface area (TPSA) is 119 Å². The summed E-state index contributed by atoms with van der Waals surface area (Å²) in [7, 11) is -3.99. The van der Waals surface area contributed by atoms with E-state index in [-0.39, 0.29) is 34.3 Å². The highest BCUT2D eigenvalue weighted by atomic mass is 32.2. The average molecular weight is 462 g/mol. The van der Waals surface area contributed by atoms with Gasteiger partial charge in [-0.25, -0.2) is 13.4 Å². The summed E-state index contributed by atoms with van der Waals surface area (Å²) < 4.78 is 35.1. The fourth-order valence-corrected chi connectivity index (χ4v) is 4.63. The summed E-state index contributed by atoms with van der Waals surface area (Å²) in [6.45, 7) is 0.228. The van der Waals surface area contributed by atoms with E-state index < -0.39 is 10.0 Å². The number of fused-ring (bicyclic) bond motifs is 2. The molecule has 3 aromatic carbocycles. The Labute approximate surface area is 188 Å². The van der Waals surface area contributed by atoms with Crippen LogP contribution in [-0.4, -0.2) is 30.5 Å². The third kappa shape index (κ3) is 4.15. The van der Waals surface area contributed by atoms with Gasteiger partial charge >= 0.3 is 0 Å². The van der Waals surface area contributed by atoms with E-state index in [9.17, 15) is 18.0 Å². The largest absolute Gasteiger partial charge is 0.482 e. The Morgan fingerprint density at radius 2 is 1.85 bits per heavy atom. The summed E-state index contributed by atoms with van der Waals surface area (Å²) in [6, 6.07) is 18.3. The van der Waals surface area contributed by atoms with Gasteiger partial charge in [-0.2, -0.15) is 0 Å². The van der Waals surface area contributed by atoms with Crippen molar-refractivity contribution in [3.05, 3.63) is 89.0 Å². The van der Waals surface area contributed by atoms with E-state index in [2.05, 4.69) is 15.0 Å². The number of hydrogen-bond acceptors (Lipinski definition) is 6. The number of hydrogen-bond donors (Lipinski definition) is 2. The number of benzene rings is 3. The highest BCUT2D eigenvalue weighted by Gasteiger charge is 2.21. The second kappa shape index (κ2) is 8.06. The maximum Gasteiger partial charge on any atom is 0.262 e. The standard InChI is InChI=1S/C23H18N4O5S/c28-22-13-32-21-9-7-17(11-20(21)25-22)33(30,31)26-16-6-8-19-18(10-16)23(29)27(14-24-19)12-15-4-2-1-3-5-15/h1-11,14,26H,12-13H2,(H,25,28). The third-order valence-electron chi connectivity index (χ3n) is 5.17. The van der Waals surface area contributed by atoms with E-state index in [0.717, 1.165) is 5.56 Å². The molecule has 1 aromatic heterocycles. The molecule has 2 heterocycles. The van der Waals surface area contributed by atoms with E-state index >= 15 is 0 Å². The van der Waals surface area contributed by atoms with Crippen LogP contribution in [0.25, 0.3) is 10.9 Å². The van der Waals surface area contributed by atoms with Gasteiger partial charge in [0.05, 0.1) is 34.4 Å². The van der Waals surface area contributed by atoms with Crippen molar-refractivity contribution in [2.45, 2.75) is 11.4 Å². The lowest BCUT2D eigenvalue weighted by atomic mass is 10.2. The van der Waals surface area contributed by atoms with Gasteiger partial charge in [0.1, 0.15) is 5.75 Å². The van der Waals surface area contributed by atoms with Gasteiger partial charge in [0, 0.05) is 5.69 Å². The highest BCUT2D eigenvalue weighted by Crippen LogP contribution is 2.31. The van der Waals surface area contributed by atoms with Gasteiger partial charge in [-0.1, -0.05) is 30.3 Å². The Hall–Kier alpha value is -4.18. The third-order valence-corrected chi connectivity index (χ3v) is 6.55. The van der Waals surface area contributed by atoms with Crippen molar-refractivity contribution in [3.8, 4) is 5.75 Å². The molecular weight excluding hydrogens is 444 g/mol. The fourth-order valence-electron chi connectivity index (χ4n) is 3.56. The van der Waals surface area contributed by atoms with E-state index in [4.69, 9.17) is 4.74 Å². The number of ether oxygens (including phenoxy) is 1. The van der Waals surface area contributed by atoms with Crippen molar-refractivity contribution in [2.75, 3.05) is 16.6 Å². The van der Waals surface area contributed by atoms with Crippen LogP contribution in [0.2, 0.25) is 0 Å². The monoisotopic (exact) mass is 462 g/mol. The molecule has 0 spiro atoms. The maximum atomic E-state index is 13.0. The van der Waals surface area contributed by atoms with Gasteiger partial charge in [0.25, 0.3) is 21.5 Å². The summed E-state index contributed by atoms with van der Waals surface area (Å²) in [4.78, 5) is 28.8. The number of rotatable bonds is 5. The molecule has 33 heavy (non-hydrogen) atoms. The highest BCUT2D eigenvalue weighted by molar-refractivity contribution is 7.92. The molecule has 0 saturated heterocycles. The second-order valence-corrected chi connectivity index (χ2v) is 9.18. The lowest BCUT2D eigenvalue weighted by Gasteiger charge is -2.18. The van der Waals surface area contributed by atoms with Crippen LogP contribution in [0.4, 0.5) is 11.4 Å². The Balaban J connectivity index is 1.46. The van der Waals surface area contributed by atoms with Crippen molar-refractivity contribution >= 4 is 38.2 Å². The predicted molar refractivity (Wildman–Crippen MR) is 123 cm³/mol. The number of nitrogens with one attached hydrogen (secondary N) is 2. The molecule has 9 nitrogen and oxygen atoms in total. The molecule has 2 N–H and O–H groups in total. The van der Waals surface area contributed by atoms with Gasteiger partial charge in [-0.3, -0.25) is 18.9 Å². The molecule has 0 unspecified atom stereocenters. The van der Waals surface area contributed by atoms with Gasteiger partial charge in [0.2, 0.25) is 0 Å². The summed E-state index contributed by atoms with van der Waals surface area (Å²) in [6.07, 6.45) is 1.48. The lowest BCUT2D eigenvalue weighted by Crippen LogP contribution is -2.25. The SMILES string of the molecule is O=C1COc2ccc(S(=O)(=O)Nc3ccc4ncn(Cc5ccccc5)c(=O)c4c3)cc2N1. The van der Waals surface area contributed by atoms with E-state index in [1.165, 1.54) is 41.2 Å². The first-order valence-electron chi connectivity index (χ1n) is 10.0. The Morgan fingerprint density at radius 3 is 2.67 bits per heavy atom. The number of carbonyl (C=O) groups excluding carboxylic acids is 1. The van der Waals surface area contributed by atoms with Crippen molar-refractivity contribution in [3.63, 3.8) is 0 Å². The number of amides is 1. The molecule has 4 aromatic rings. The van der Waals surface area contributed by atoms with Gasteiger partial charge < -0.3 is 10.1 Å². The number of aromatic nitrogens is 2. The molecule has 1 amide bonds. The van der Waals surface area contributed by atoms with Crippen molar-refractivity contribution < 1.29 is 17.9 Å². The van der Waals surface area contributed by atoms with Crippen LogP contribution in [0.15, 0.2) is 82.7 Å². The van der Waals surface area contributed by atoms with Crippen LogP contribution in [-0.2, 0) is 21.4 Å². The predicted octanol–water partition coefficient (Wildman–Crippen LogP) is 2.58. The normalized spacial score (nSPS) is 13.2. The molecule has 0 radical (unpaired) electrons. The molecule has 0 saturated carbocycles. The molecule has 5 rings (SSSR count). The zero-order valence-electron chi connectivity index (χ0n) is 17.2. The van der Waals surface area contributed by atoms with E-state index in [0.29, 0.717) is 23.2 Å². The number of sulfonamides is 1. The van der Waals surface area contributed by atoms with Crippen LogP contribution < -0.4 is 20.3 Å². The minimum absolute atomic E-state index is 0.0557. The molecule has 0 bridgehead atoms. The summed E-state index contributed by atoms with van der Waals surface area (Å²) in [5.41, 5.74) is 1.62. The molecule has 1 aliphatic heterocycles. The lowest BCUT2D eigenvalue weighted by molar-refractivity contribution is -0.118. The Kier molecular flexibility index (Phi) is 5.06. The Bertz CT molecular complexity index is 1550. The van der Waals surface area contributed by atoms with Gasteiger partial charge in [-0.05, 0) is 42.0 Å². The van der Waals surface area contributed by atoms with Crippen LogP contribution in [0.3, 0.4) is 0 Å². The van der Waals surface area contributed by atoms with Crippen LogP contribution in [0, 0.1) is 0 Å². The molecule has 166 valence electrons. The zero-order chi connectivity index (χ0) is 23.0. The number of anilines is 2. The number of carbonyl (C=O) groups is 1. The van der Waals surface area contributed by atoms with E-state index in [1.54, 1.807) is 6.07 Å². The Morgan fingerprint density at radius 1 is 1.03 bits per heavy atom. The maximum absolute atomic E-state index is 13.0. The first-order chi connectivity index (χ1) is 15.9. The summed E-state index contributed by atoms with van der Waals surface area (Å²) in [5, 5.41) is 2.88. The van der Waals surface area contributed by atoms with Crippen LogP contribution >= 0.6 is 0 Å². The summed E-state index contributed by atoms with van der Waals surface area (Å²) in [5.74, 6) is 0.0307. The number of nitrogens with zero attached hydrogens (tertiary/aromatic N) is 2. The minimum Gasteiger partial charge on any atom is -0.482 e. The van der Waals surface area contributed by atoms with Crippen molar-refractivity contribution in [1.82, 2.24) is 9.55 Å². The molecule has 10 heteroatoms. The van der Waals surface area contributed by atoms with Crippen LogP contribution in [0.5, 0.6) is 5.75 Å². The van der Waals surface area contributed by atoms with Gasteiger partial charge in [0.15, 0.2) is 6.61 Å².